The number of hydrogen-bond acceptors (Lipinski definition) is 4. The van der Waals surface area contributed by atoms with E-state index in [1.807, 2.05) is 0 Å². The van der Waals surface area contributed by atoms with Crippen LogP contribution < -0.4 is 5.32 Å². The van der Waals surface area contributed by atoms with Crippen LogP contribution in [-0.4, -0.2) is 39.4 Å². The molecule has 0 aliphatic carbocycles. The number of carbonyl (C=O) groups excluding carboxylic acids is 1. The van der Waals surface area contributed by atoms with E-state index < -0.39 is 0 Å². The first-order valence-corrected chi connectivity index (χ1v) is 6.19. The summed E-state index contributed by atoms with van der Waals surface area (Å²) in [4.78, 5) is 11.7. The van der Waals surface area contributed by atoms with Crippen molar-refractivity contribution in [3.8, 4) is 0 Å². The van der Waals surface area contributed by atoms with E-state index in [2.05, 4.69) is 5.32 Å². The van der Waals surface area contributed by atoms with E-state index in [4.69, 9.17) is 9.47 Å². The standard InChI is InChI=1S/C12H21NO3/c1-15-12(14)10-2-5-13-8-11(10)9-3-6-16-7-4-9/h9-11,13H,2-8H2,1H3. The Kier molecular flexibility index (Phi) is 4.18. The summed E-state index contributed by atoms with van der Waals surface area (Å²) in [5.41, 5.74) is 0. The summed E-state index contributed by atoms with van der Waals surface area (Å²) in [5.74, 6) is 1.11. The first-order valence-electron chi connectivity index (χ1n) is 6.19. The quantitative estimate of drug-likeness (QED) is 0.709. The minimum absolute atomic E-state index is 0.0296. The highest BCUT2D eigenvalue weighted by Gasteiger charge is 2.37. The second-order valence-electron chi connectivity index (χ2n) is 4.74. The fourth-order valence-electron chi connectivity index (χ4n) is 2.97. The average molecular weight is 227 g/mol. The van der Waals surface area contributed by atoms with E-state index in [0.717, 1.165) is 45.6 Å². The second kappa shape index (κ2) is 5.64. The first kappa shape index (κ1) is 11.9. The van der Waals surface area contributed by atoms with Crippen molar-refractivity contribution in [3.05, 3.63) is 0 Å². The number of piperidine rings is 1. The molecule has 0 saturated carbocycles. The lowest BCUT2D eigenvalue weighted by molar-refractivity contribution is -0.150. The van der Waals surface area contributed by atoms with Crippen molar-refractivity contribution in [1.29, 1.82) is 0 Å². The van der Waals surface area contributed by atoms with Gasteiger partial charge in [-0.05, 0) is 44.2 Å². The number of rotatable bonds is 2. The van der Waals surface area contributed by atoms with Crippen molar-refractivity contribution >= 4 is 5.97 Å². The molecule has 0 amide bonds. The number of methoxy groups -OCH3 is 1. The second-order valence-corrected chi connectivity index (χ2v) is 4.74. The Labute approximate surface area is 96.7 Å². The molecule has 16 heavy (non-hydrogen) atoms. The molecular weight excluding hydrogens is 206 g/mol. The molecule has 2 aliphatic rings. The molecule has 0 radical (unpaired) electrons. The molecule has 1 N–H and O–H groups in total. The minimum atomic E-state index is -0.0296. The molecule has 0 spiro atoms. The Morgan fingerprint density at radius 1 is 1.31 bits per heavy atom. The van der Waals surface area contributed by atoms with E-state index in [-0.39, 0.29) is 11.9 Å². The molecule has 0 aromatic heterocycles. The summed E-state index contributed by atoms with van der Waals surface area (Å²) in [6.07, 6.45) is 3.08. The summed E-state index contributed by atoms with van der Waals surface area (Å²) in [5, 5.41) is 3.39. The lowest BCUT2D eigenvalue weighted by Gasteiger charge is -2.37. The Morgan fingerprint density at radius 2 is 2.06 bits per heavy atom. The van der Waals surface area contributed by atoms with E-state index in [1.165, 1.54) is 7.11 Å². The molecule has 2 unspecified atom stereocenters. The van der Waals surface area contributed by atoms with E-state index in [0.29, 0.717) is 11.8 Å². The van der Waals surface area contributed by atoms with Crippen molar-refractivity contribution < 1.29 is 14.3 Å². The number of nitrogens with one attached hydrogen (secondary N) is 1. The predicted octanol–water partition coefficient (Wildman–Crippen LogP) is 0.812. The zero-order valence-corrected chi connectivity index (χ0v) is 9.91. The van der Waals surface area contributed by atoms with Crippen LogP contribution in [0.5, 0.6) is 0 Å². The maximum absolute atomic E-state index is 11.7. The molecular formula is C12H21NO3. The number of ether oxygens (including phenoxy) is 2. The van der Waals surface area contributed by atoms with Gasteiger partial charge in [0.05, 0.1) is 13.0 Å². The van der Waals surface area contributed by atoms with Crippen LogP contribution in [-0.2, 0) is 14.3 Å². The smallest absolute Gasteiger partial charge is 0.309 e. The van der Waals surface area contributed by atoms with Crippen LogP contribution in [0.4, 0.5) is 0 Å². The van der Waals surface area contributed by atoms with Crippen LogP contribution in [0.1, 0.15) is 19.3 Å². The zero-order valence-electron chi connectivity index (χ0n) is 9.91. The largest absolute Gasteiger partial charge is 0.469 e. The van der Waals surface area contributed by atoms with Crippen molar-refractivity contribution in [3.63, 3.8) is 0 Å². The number of hydrogen-bond donors (Lipinski definition) is 1. The van der Waals surface area contributed by atoms with Gasteiger partial charge in [-0.25, -0.2) is 0 Å². The molecule has 2 heterocycles. The highest BCUT2D eigenvalue weighted by Crippen LogP contribution is 2.33. The van der Waals surface area contributed by atoms with Gasteiger partial charge in [0.2, 0.25) is 0 Å². The highest BCUT2D eigenvalue weighted by molar-refractivity contribution is 5.72. The van der Waals surface area contributed by atoms with Crippen molar-refractivity contribution in [2.75, 3.05) is 33.4 Å². The fourth-order valence-corrected chi connectivity index (χ4v) is 2.97. The molecule has 0 aromatic rings. The van der Waals surface area contributed by atoms with E-state index >= 15 is 0 Å². The van der Waals surface area contributed by atoms with Gasteiger partial charge < -0.3 is 14.8 Å². The third kappa shape index (κ3) is 2.55. The van der Waals surface area contributed by atoms with Crippen LogP contribution in [0.2, 0.25) is 0 Å². The van der Waals surface area contributed by atoms with Crippen LogP contribution >= 0.6 is 0 Å². The Morgan fingerprint density at radius 3 is 2.75 bits per heavy atom. The molecule has 0 aromatic carbocycles. The van der Waals surface area contributed by atoms with Gasteiger partial charge in [-0.15, -0.1) is 0 Å². The molecule has 2 aliphatic heterocycles. The molecule has 2 rings (SSSR count). The van der Waals surface area contributed by atoms with Crippen molar-refractivity contribution in [1.82, 2.24) is 5.32 Å². The third-order valence-corrected chi connectivity index (χ3v) is 3.90. The summed E-state index contributed by atoms with van der Waals surface area (Å²) in [6.45, 7) is 3.56. The van der Waals surface area contributed by atoms with Gasteiger partial charge in [0, 0.05) is 13.2 Å². The van der Waals surface area contributed by atoms with Gasteiger partial charge in [-0.1, -0.05) is 0 Å². The van der Waals surface area contributed by atoms with Crippen molar-refractivity contribution in [2.45, 2.75) is 19.3 Å². The SMILES string of the molecule is COC(=O)C1CCNCC1C1CCOCC1. The molecule has 2 fully saturated rings. The number of carbonyl (C=O) groups is 1. The van der Waals surface area contributed by atoms with Crippen LogP contribution in [0, 0.1) is 17.8 Å². The van der Waals surface area contributed by atoms with E-state index in [9.17, 15) is 4.79 Å². The lowest BCUT2D eigenvalue weighted by atomic mass is 9.74. The third-order valence-electron chi connectivity index (χ3n) is 3.90. The van der Waals surface area contributed by atoms with Gasteiger partial charge in [0.1, 0.15) is 0 Å². The maximum atomic E-state index is 11.7. The average Bonchev–Trinajstić information content (AvgIpc) is 2.39. The van der Waals surface area contributed by atoms with Gasteiger partial charge >= 0.3 is 5.97 Å². The summed E-state index contributed by atoms with van der Waals surface area (Å²) < 4.78 is 10.3. The monoisotopic (exact) mass is 227 g/mol. The van der Waals surface area contributed by atoms with Crippen LogP contribution in [0.15, 0.2) is 0 Å². The molecule has 92 valence electrons. The van der Waals surface area contributed by atoms with Gasteiger partial charge in [0.25, 0.3) is 0 Å². The fraction of sp³-hybridized carbons (Fsp3) is 0.917. The maximum Gasteiger partial charge on any atom is 0.309 e. The zero-order chi connectivity index (χ0) is 11.4. The minimum Gasteiger partial charge on any atom is -0.469 e. The highest BCUT2D eigenvalue weighted by atomic mass is 16.5. The normalized spacial score (nSPS) is 32.3. The van der Waals surface area contributed by atoms with Gasteiger partial charge in [0.15, 0.2) is 0 Å². The molecule has 4 heteroatoms. The van der Waals surface area contributed by atoms with Gasteiger partial charge in [-0.3, -0.25) is 4.79 Å². The topological polar surface area (TPSA) is 47.6 Å². The van der Waals surface area contributed by atoms with Crippen LogP contribution in [0.25, 0.3) is 0 Å². The summed E-state index contributed by atoms with van der Waals surface area (Å²) in [6, 6.07) is 0. The molecule has 2 saturated heterocycles. The Hall–Kier alpha value is -0.610. The van der Waals surface area contributed by atoms with Crippen LogP contribution in [0.3, 0.4) is 0 Å². The first-order chi connectivity index (χ1) is 7.83. The Bertz CT molecular complexity index is 238. The Balaban J connectivity index is 2.00. The predicted molar refractivity (Wildman–Crippen MR) is 60.0 cm³/mol. The number of esters is 1. The molecule has 4 nitrogen and oxygen atoms in total. The van der Waals surface area contributed by atoms with Crippen molar-refractivity contribution in [2.24, 2.45) is 17.8 Å². The van der Waals surface area contributed by atoms with Gasteiger partial charge in [-0.2, -0.15) is 0 Å². The molecule has 2 atom stereocenters. The lowest BCUT2D eigenvalue weighted by Crippen LogP contribution is -2.45. The molecule has 0 bridgehead atoms. The van der Waals surface area contributed by atoms with E-state index in [1.54, 1.807) is 0 Å². The summed E-state index contributed by atoms with van der Waals surface area (Å²) >= 11 is 0. The summed E-state index contributed by atoms with van der Waals surface area (Å²) in [7, 11) is 1.49.